The SMILES string of the molecule is COC(=O)c1ccc(NCc2ccc(C)cc2)c(F)c1F. The molecule has 0 aromatic heterocycles. The van der Waals surface area contributed by atoms with Crippen LogP contribution in [0.3, 0.4) is 0 Å². The van der Waals surface area contributed by atoms with Gasteiger partial charge < -0.3 is 10.1 Å². The summed E-state index contributed by atoms with van der Waals surface area (Å²) in [5, 5.41) is 2.81. The average molecular weight is 291 g/mol. The monoisotopic (exact) mass is 291 g/mol. The number of halogens is 2. The third-order valence-corrected chi connectivity index (χ3v) is 3.09. The number of anilines is 1. The number of aryl methyl sites for hydroxylation is 1. The van der Waals surface area contributed by atoms with E-state index in [4.69, 9.17) is 0 Å². The second-order valence-corrected chi connectivity index (χ2v) is 4.62. The van der Waals surface area contributed by atoms with Gasteiger partial charge in [0.1, 0.15) is 0 Å². The Morgan fingerprint density at radius 3 is 2.38 bits per heavy atom. The molecule has 0 aliphatic rings. The van der Waals surface area contributed by atoms with Gasteiger partial charge >= 0.3 is 5.97 Å². The Kier molecular flexibility index (Phi) is 4.52. The first-order chi connectivity index (χ1) is 10.0. The molecule has 110 valence electrons. The van der Waals surface area contributed by atoms with Crippen LogP contribution in [-0.2, 0) is 11.3 Å². The fourth-order valence-electron chi connectivity index (χ4n) is 1.86. The van der Waals surface area contributed by atoms with E-state index >= 15 is 0 Å². The van der Waals surface area contributed by atoms with E-state index in [1.54, 1.807) is 0 Å². The fraction of sp³-hybridized carbons (Fsp3) is 0.188. The zero-order valence-electron chi connectivity index (χ0n) is 11.7. The van der Waals surface area contributed by atoms with Crippen LogP contribution in [0.15, 0.2) is 36.4 Å². The second-order valence-electron chi connectivity index (χ2n) is 4.62. The van der Waals surface area contributed by atoms with Gasteiger partial charge in [0.25, 0.3) is 0 Å². The lowest BCUT2D eigenvalue weighted by Gasteiger charge is -2.10. The standard InChI is InChI=1S/C16H15F2NO2/c1-10-3-5-11(6-4-10)9-19-13-8-7-12(16(20)21-2)14(17)15(13)18/h3-8,19H,9H2,1-2H3. The van der Waals surface area contributed by atoms with Gasteiger partial charge in [0.2, 0.25) is 0 Å². The summed E-state index contributed by atoms with van der Waals surface area (Å²) < 4.78 is 32.0. The smallest absolute Gasteiger partial charge is 0.340 e. The molecule has 0 unspecified atom stereocenters. The molecular formula is C16H15F2NO2. The first-order valence-electron chi connectivity index (χ1n) is 6.38. The summed E-state index contributed by atoms with van der Waals surface area (Å²) in [6, 6.07) is 10.2. The van der Waals surface area contributed by atoms with Crippen molar-refractivity contribution in [2.24, 2.45) is 0 Å². The normalized spacial score (nSPS) is 10.3. The number of carbonyl (C=O) groups is 1. The van der Waals surface area contributed by atoms with Gasteiger partial charge in [0.15, 0.2) is 11.6 Å². The summed E-state index contributed by atoms with van der Waals surface area (Å²) in [5.41, 5.74) is 1.65. The molecule has 5 heteroatoms. The topological polar surface area (TPSA) is 38.3 Å². The van der Waals surface area contributed by atoms with Crippen LogP contribution in [0, 0.1) is 18.6 Å². The molecule has 2 rings (SSSR count). The number of methoxy groups -OCH3 is 1. The number of carbonyl (C=O) groups excluding carboxylic acids is 1. The van der Waals surface area contributed by atoms with Crippen molar-refractivity contribution in [3.63, 3.8) is 0 Å². The molecule has 0 bridgehead atoms. The van der Waals surface area contributed by atoms with Crippen molar-refractivity contribution in [2.45, 2.75) is 13.5 Å². The predicted molar refractivity (Wildman–Crippen MR) is 76.2 cm³/mol. The Morgan fingerprint density at radius 1 is 1.10 bits per heavy atom. The predicted octanol–water partition coefficient (Wildman–Crippen LogP) is 3.67. The molecule has 0 atom stereocenters. The van der Waals surface area contributed by atoms with E-state index in [0.29, 0.717) is 6.54 Å². The molecule has 3 nitrogen and oxygen atoms in total. The molecule has 0 spiro atoms. The largest absolute Gasteiger partial charge is 0.465 e. The average Bonchev–Trinajstić information content (AvgIpc) is 2.49. The summed E-state index contributed by atoms with van der Waals surface area (Å²) in [6.07, 6.45) is 0. The van der Waals surface area contributed by atoms with Crippen LogP contribution in [0.1, 0.15) is 21.5 Å². The minimum atomic E-state index is -1.21. The van der Waals surface area contributed by atoms with Gasteiger partial charge in [-0.05, 0) is 24.6 Å². The number of nitrogens with one attached hydrogen (secondary N) is 1. The van der Waals surface area contributed by atoms with E-state index in [0.717, 1.165) is 18.2 Å². The molecule has 0 radical (unpaired) electrons. The summed E-state index contributed by atoms with van der Waals surface area (Å²) in [6.45, 7) is 2.33. The minimum Gasteiger partial charge on any atom is -0.465 e. The van der Waals surface area contributed by atoms with Crippen LogP contribution in [0.4, 0.5) is 14.5 Å². The molecule has 0 aliphatic heterocycles. The Morgan fingerprint density at radius 2 is 1.76 bits per heavy atom. The molecule has 2 aromatic rings. The summed E-state index contributed by atoms with van der Waals surface area (Å²) in [4.78, 5) is 11.3. The van der Waals surface area contributed by atoms with Gasteiger partial charge in [-0.2, -0.15) is 0 Å². The molecule has 2 aromatic carbocycles. The molecule has 21 heavy (non-hydrogen) atoms. The summed E-state index contributed by atoms with van der Waals surface area (Å²) >= 11 is 0. The van der Waals surface area contributed by atoms with Crippen molar-refractivity contribution in [3.05, 3.63) is 64.7 Å². The van der Waals surface area contributed by atoms with E-state index in [1.807, 2.05) is 31.2 Å². The lowest BCUT2D eigenvalue weighted by molar-refractivity contribution is 0.0594. The van der Waals surface area contributed by atoms with Crippen molar-refractivity contribution in [1.29, 1.82) is 0 Å². The van der Waals surface area contributed by atoms with Crippen LogP contribution < -0.4 is 5.32 Å². The molecule has 0 aliphatic carbocycles. The Labute approximate surface area is 121 Å². The van der Waals surface area contributed by atoms with Crippen molar-refractivity contribution >= 4 is 11.7 Å². The van der Waals surface area contributed by atoms with E-state index in [-0.39, 0.29) is 5.69 Å². The number of rotatable bonds is 4. The van der Waals surface area contributed by atoms with Crippen LogP contribution in [0.5, 0.6) is 0 Å². The van der Waals surface area contributed by atoms with Crippen LogP contribution >= 0.6 is 0 Å². The van der Waals surface area contributed by atoms with Gasteiger partial charge in [-0.1, -0.05) is 29.8 Å². The number of ether oxygens (including phenoxy) is 1. The second kappa shape index (κ2) is 6.35. The van der Waals surface area contributed by atoms with Gasteiger partial charge in [0.05, 0.1) is 18.4 Å². The Hall–Kier alpha value is -2.43. The lowest BCUT2D eigenvalue weighted by atomic mass is 10.1. The third kappa shape index (κ3) is 3.37. The van der Waals surface area contributed by atoms with E-state index in [9.17, 15) is 13.6 Å². The number of hydrogen-bond donors (Lipinski definition) is 1. The molecule has 0 fully saturated rings. The van der Waals surface area contributed by atoms with Gasteiger partial charge in [0, 0.05) is 6.54 Å². The number of esters is 1. The number of hydrogen-bond acceptors (Lipinski definition) is 3. The van der Waals surface area contributed by atoms with Gasteiger partial charge in [-0.15, -0.1) is 0 Å². The van der Waals surface area contributed by atoms with Crippen LogP contribution in [0.2, 0.25) is 0 Å². The summed E-state index contributed by atoms with van der Waals surface area (Å²) in [5.74, 6) is -3.21. The fourth-order valence-corrected chi connectivity index (χ4v) is 1.86. The zero-order valence-corrected chi connectivity index (χ0v) is 11.7. The Balaban J connectivity index is 2.16. The molecule has 1 N–H and O–H groups in total. The highest BCUT2D eigenvalue weighted by Crippen LogP contribution is 2.22. The van der Waals surface area contributed by atoms with Gasteiger partial charge in [-0.25, -0.2) is 13.6 Å². The number of benzene rings is 2. The van der Waals surface area contributed by atoms with E-state index < -0.39 is 23.2 Å². The van der Waals surface area contributed by atoms with Crippen LogP contribution in [-0.4, -0.2) is 13.1 Å². The highest BCUT2D eigenvalue weighted by atomic mass is 19.2. The maximum absolute atomic E-state index is 13.9. The minimum absolute atomic E-state index is 0.000674. The maximum Gasteiger partial charge on any atom is 0.340 e. The molecule has 0 saturated heterocycles. The molecule has 0 saturated carbocycles. The van der Waals surface area contributed by atoms with E-state index in [1.165, 1.54) is 12.1 Å². The quantitative estimate of drug-likeness (QED) is 0.873. The van der Waals surface area contributed by atoms with Crippen molar-refractivity contribution in [1.82, 2.24) is 0 Å². The van der Waals surface area contributed by atoms with Gasteiger partial charge in [-0.3, -0.25) is 0 Å². The highest BCUT2D eigenvalue weighted by Gasteiger charge is 2.18. The lowest BCUT2D eigenvalue weighted by Crippen LogP contribution is -2.09. The third-order valence-electron chi connectivity index (χ3n) is 3.09. The van der Waals surface area contributed by atoms with Crippen LogP contribution in [0.25, 0.3) is 0 Å². The summed E-state index contributed by atoms with van der Waals surface area (Å²) in [7, 11) is 1.11. The van der Waals surface area contributed by atoms with E-state index in [2.05, 4.69) is 10.1 Å². The van der Waals surface area contributed by atoms with Crippen molar-refractivity contribution < 1.29 is 18.3 Å². The van der Waals surface area contributed by atoms with Crippen molar-refractivity contribution in [3.8, 4) is 0 Å². The molecule has 0 amide bonds. The zero-order chi connectivity index (χ0) is 15.4. The first kappa shape index (κ1) is 15.0. The molecular weight excluding hydrogens is 276 g/mol. The highest BCUT2D eigenvalue weighted by molar-refractivity contribution is 5.90. The first-order valence-corrected chi connectivity index (χ1v) is 6.38. The maximum atomic E-state index is 13.9. The molecule has 0 heterocycles. The van der Waals surface area contributed by atoms with Crippen molar-refractivity contribution in [2.75, 3.05) is 12.4 Å². The Bertz CT molecular complexity index is 654.